The van der Waals surface area contributed by atoms with Gasteiger partial charge in [-0.15, -0.1) is 0 Å². The lowest BCUT2D eigenvalue weighted by Gasteiger charge is -2.33. The molecule has 0 bridgehead atoms. The molecule has 0 aliphatic carbocycles. The van der Waals surface area contributed by atoms with Gasteiger partial charge in [-0.05, 0) is 49.1 Å². The third-order valence-electron chi connectivity index (χ3n) is 3.49. The van der Waals surface area contributed by atoms with Crippen LogP contribution in [0.4, 0.5) is 0 Å². The lowest BCUT2D eigenvalue weighted by molar-refractivity contribution is 0.357. The minimum atomic E-state index is 0.236. The van der Waals surface area contributed by atoms with Crippen LogP contribution < -0.4 is 5.32 Å². The van der Waals surface area contributed by atoms with E-state index in [1.807, 2.05) is 0 Å². The Hall–Kier alpha value is -1.52. The maximum atomic E-state index is 3.43. The van der Waals surface area contributed by atoms with Gasteiger partial charge >= 0.3 is 0 Å². The fourth-order valence-electron chi connectivity index (χ4n) is 2.27. The molecule has 0 aromatic heterocycles. The fraction of sp³-hybridized carbons (Fsp3) is 0.412. The number of benzene rings is 1. The average Bonchev–Trinajstić information content (AvgIpc) is 2.31. The third kappa shape index (κ3) is 3.24. The summed E-state index contributed by atoms with van der Waals surface area (Å²) in [5, 5.41) is 3.43. The van der Waals surface area contributed by atoms with E-state index in [1.165, 1.54) is 11.1 Å². The number of aryl methyl sites for hydroxylation is 1. The van der Waals surface area contributed by atoms with E-state index >= 15 is 0 Å². The monoisotopic (exact) mass is 239 g/mol. The van der Waals surface area contributed by atoms with Crippen molar-refractivity contribution in [1.82, 2.24) is 5.32 Å². The van der Waals surface area contributed by atoms with Gasteiger partial charge in [0.05, 0.1) is 0 Å². The Morgan fingerprint density at radius 3 is 2.89 bits per heavy atom. The summed E-state index contributed by atoms with van der Waals surface area (Å²) in [5.41, 5.74) is 4.05. The molecular weight excluding hydrogens is 218 g/mol. The van der Waals surface area contributed by atoms with Gasteiger partial charge in [0.15, 0.2) is 0 Å². The van der Waals surface area contributed by atoms with Crippen LogP contribution in [0.3, 0.4) is 0 Å². The first kappa shape index (κ1) is 12.9. The predicted molar refractivity (Wildman–Crippen MR) is 77.4 cm³/mol. The summed E-state index contributed by atoms with van der Waals surface area (Å²) < 4.78 is 0. The van der Waals surface area contributed by atoms with Crippen molar-refractivity contribution in [2.45, 2.75) is 27.2 Å². The topological polar surface area (TPSA) is 12.0 Å². The zero-order valence-electron chi connectivity index (χ0n) is 11.5. The standard InChI is InChI=1S/C17H21N/c1-14-6-4-7-15(12-14)8-5-9-16-10-11-18-13-17(16,2)3/h4,6-7,9,12,18H,10-11,13H2,1-3H3/b16-9+. The van der Waals surface area contributed by atoms with E-state index in [4.69, 9.17) is 0 Å². The van der Waals surface area contributed by atoms with Crippen LogP contribution in [0.15, 0.2) is 35.9 Å². The van der Waals surface area contributed by atoms with Crippen molar-refractivity contribution in [2.75, 3.05) is 13.1 Å². The Morgan fingerprint density at radius 1 is 1.33 bits per heavy atom. The number of nitrogens with one attached hydrogen (secondary N) is 1. The molecule has 0 spiro atoms. The van der Waals surface area contributed by atoms with Gasteiger partial charge in [-0.3, -0.25) is 0 Å². The zero-order chi connectivity index (χ0) is 13.0. The summed E-state index contributed by atoms with van der Waals surface area (Å²) in [4.78, 5) is 0. The molecule has 94 valence electrons. The van der Waals surface area contributed by atoms with Crippen LogP contribution in [0.5, 0.6) is 0 Å². The van der Waals surface area contributed by atoms with Gasteiger partial charge in [0.1, 0.15) is 0 Å². The molecule has 0 saturated carbocycles. The van der Waals surface area contributed by atoms with Crippen molar-refractivity contribution >= 4 is 0 Å². The van der Waals surface area contributed by atoms with E-state index in [9.17, 15) is 0 Å². The van der Waals surface area contributed by atoms with Crippen molar-refractivity contribution in [2.24, 2.45) is 5.41 Å². The normalized spacial score (nSPS) is 20.3. The minimum Gasteiger partial charge on any atom is -0.316 e. The molecule has 1 saturated heterocycles. The van der Waals surface area contributed by atoms with Crippen LogP contribution in [0.1, 0.15) is 31.4 Å². The van der Waals surface area contributed by atoms with Crippen LogP contribution in [-0.4, -0.2) is 13.1 Å². The fourth-order valence-corrected chi connectivity index (χ4v) is 2.27. The Kier molecular flexibility index (Phi) is 3.89. The van der Waals surface area contributed by atoms with Gasteiger partial charge in [-0.2, -0.15) is 0 Å². The van der Waals surface area contributed by atoms with Crippen LogP contribution in [0, 0.1) is 24.2 Å². The average molecular weight is 239 g/mol. The van der Waals surface area contributed by atoms with E-state index in [2.05, 4.69) is 68.3 Å². The van der Waals surface area contributed by atoms with Crippen molar-refractivity contribution in [3.63, 3.8) is 0 Å². The van der Waals surface area contributed by atoms with Crippen molar-refractivity contribution in [1.29, 1.82) is 0 Å². The molecular formula is C17H21N. The molecule has 1 aliphatic rings. The Balaban J connectivity index is 2.15. The number of piperidine rings is 1. The van der Waals surface area contributed by atoms with Crippen molar-refractivity contribution < 1.29 is 0 Å². The predicted octanol–water partition coefficient (Wildman–Crippen LogP) is 3.29. The van der Waals surface area contributed by atoms with E-state index in [0.717, 1.165) is 25.1 Å². The molecule has 1 heteroatoms. The molecule has 1 aromatic carbocycles. The van der Waals surface area contributed by atoms with Gasteiger partial charge in [-0.25, -0.2) is 0 Å². The summed E-state index contributed by atoms with van der Waals surface area (Å²) in [5.74, 6) is 6.44. The second-order valence-electron chi connectivity index (χ2n) is 5.62. The second kappa shape index (κ2) is 5.42. The summed E-state index contributed by atoms with van der Waals surface area (Å²) in [7, 11) is 0. The molecule has 1 N–H and O–H groups in total. The second-order valence-corrected chi connectivity index (χ2v) is 5.62. The van der Waals surface area contributed by atoms with Gasteiger partial charge in [0.25, 0.3) is 0 Å². The molecule has 1 fully saturated rings. The highest BCUT2D eigenvalue weighted by Gasteiger charge is 2.25. The van der Waals surface area contributed by atoms with E-state index in [1.54, 1.807) is 0 Å². The highest BCUT2D eigenvalue weighted by Crippen LogP contribution is 2.30. The Labute approximate surface area is 110 Å². The molecule has 2 rings (SSSR count). The Morgan fingerprint density at radius 2 is 2.17 bits per heavy atom. The molecule has 1 aromatic rings. The number of allylic oxidation sites excluding steroid dienone is 1. The number of rotatable bonds is 0. The van der Waals surface area contributed by atoms with Gasteiger partial charge < -0.3 is 5.32 Å². The van der Waals surface area contributed by atoms with Crippen LogP contribution in [-0.2, 0) is 0 Å². The molecule has 0 unspecified atom stereocenters. The molecule has 0 radical (unpaired) electrons. The maximum Gasteiger partial charge on any atom is 0.0251 e. The summed E-state index contributed by atoms with van der Waals surface area (Å²) in [6, 6.07) is 8.34. The smallest absolute Gasteiger partial charge is 0.0251 e. The quantitative estimate of drug-likeness (QED) is 0.685. The first-order valence-corrected chi connectivity index (χ1v) is 6.56. The van der Waals surface area contributed by atoms with Crippen molar-refractivity contribution in [3.05, 3.63) is 47.0 Å². The minimum absolute atomic E-state index is 0.236. The van der Waals surface area contributed by atoms with Crippen LogP contribution in [0.2, 0.25) is 0 Å². The van der Waals surface area contributed by atoms with Gasteiger partial charge in [0.2, 0.25) is 0 Å². The number of hydrogen-bond donors (Lipinski definition) is 1. The SMILES string of the molecule is Cc1cccc(C#C/C=C2\CCNCC2(C)C)c1. The maximum absolute atomic E-state index is 3.43. The highest BCUT2D eigenvalue weighted by atomic mass is 14.9. The van der Waals surface area contributed by atoms with E-state index in [-0.39, 0.29) is 5.41 Å². The van der Waals surface area contributed by atoms with E-state index < -0.39 is 0 Å². The Bertz CT molecular complexity index is 512. The summed E-state index contributed by atoms with van der Waals surface area (Å²) in [6.45, 7) is 8.77. The first-order valence-electron chi connectivity index (χ1n) is 6.56. The van der Waals surface area contributed by atoms with Gasteiger partial charge in [-0.1, -0.05) is 43.4 Å². The first-order chi connectivity index (χ1) is 8.58. The zero-order valence-corrected chi connectivity index (χ0v) is 11.5. The number of hydrogen-bond acceptors (Lipinski definition) is 1. The third-order valence-corrected chi connectivity index (χ3v) is 3.49. The van der Waals surface area contributed by atoms with Crippen LogP contribution >= 0.6 is 0 Å². The van der Waals surface area contributed by atoms with Gasteiger partial charge in [0, 0.05) is 12.1 Å². The molecule has 18 heavy (non-hydrogen) atoms. The molecule has 1 aliphatic heterocycles. The lowest BCUT2D eigenvalue weighted by atomic mass is 9.79. The molecule has 0 atom stereocenters. The van der Waals surface area contributed by atoms with Crippen molar-refractivity contribution in [3.8, 4) is 11.8 Å². The molecule has 0 amide bonds. The molecule has 1 nitrogen and oxygen atoms in total. The summed E-state index contributed by atoms with van der Waals surface area (Å²) in [6.07, 6.45) is 3.22. The largest absolute Gasteiger partial charge is 0.316 e. The lowest BCUT2D eigenvalue weighted by Crippen LogP contribution is -2.37. The summed E-state index contributed by atoms with van der Waals surface area (Å²) >= 11 is 0. The highest BCUT2D eigenvalue weighted by molar-refractivity contribution is 5.40. The van der Waals surface area contributed by atoms with E-state index in [0.29, 0.717) is 0 Å². The van der Waals surface area contributed by atoms with Crippen LogP contribution in [0.25, 0.3) is 0 Å². The molecule has 1 heterocycles.